The molecule has 1 saturated heterocycles. The fourth-order valence-corrected chi connectivity index (χ4v) is 4.72. The van der Waals surface area contributed by atoms with Crippen molar-refractivity contribution >= 4 is 37.8 Å². The van der Waals surface area contributed by atoms with Crippen LogP contribution in [0, 0.1) is 5.82 Å². The fourth-order valence-electron chi connectivity index (χ4n) is 3.91. The summed E-state index contributed by atoms with van der Waals surface area (Å²) < 4.78 is 49.2. The minimum atomic E-state index is -3.70. The molecule has 3 rings (SSSR count). The van der Waals surface area contributed by atoms with Crippen molar-refractivity contribution in [1.29, 1.82) is 0 Å². The molecule has 2 aromatic rings. The number of ether oxygens (including phenoxy) is 2. The lowest BCUT2D eigenvalue weighted by Crippen LogP contribution is -2.58. The van der Waals surface area contributed by atoms with Crippen LogP contribution in [0.15, 0.2) is 46.9 Å². The molecule has 0 aromatic heterocycles. The number of piperazine rings is 1. The van der Waals surface area contributed by atoms with Crippen molar-refractivity contribution in [2.45, 2.75) is 32.5 Å². The molecule has 1 aliphatic heterocycles. The third-order valence-corrected chi connectivity index (χ3v) is 6.74. The average molecular weight is 586 g/mol. The third-order valence-electron chi connectivity index (χ3n) is 5.65. The van der Waals surface area contributed by atoms with Crippen LogP contribution in [0.25, 0.3) is 0 Å². The lowest BCUT2D eigenvalue weighted by atomic mass is 10.1. The molecule has 9 nitrogen and oxygen atoms in total. The maximum atomic E-state index is 13.2. The normalized spacial score (nSPS) is 18.5. The van der Waals surface area contributed by atoms with Gasteiger partial charge in [0.15, 0.2) is 24.7 Å². The van der Waals surface area contributed by atoms with Gasteiger partial charge in [-0.15, -0.1) is 0 Å². The van der Waals surface area contributed by atoms with E-state index in [1.54, 1.807) is 35.2 Å². The zero-order valence-electron chi connectivity index (χ0n) is 20.2. The molecule has 2 amide bonds. The Morgan fingerprint density at radius 1 is 1.03 bits per heavy atom. The molecule has 2 atom stereocenters. The summed E-state index contributed by atoms with van der Waals surface area (Å²) in [6.45, 7) is 5.07. The molecule has 196 valence electrons. The summed E-state index contributed by atoms with van der Waals surface area (Å²) in [4.78, 5) is 28.8. The molecular weight excluding hydrogens is 557 g/mol. The fraction of sp³-hybridized carbons (Fsp3) is 0.417. The molecule has 0 unspecified atom stereocenters. The quantitative estimate of drug-likeness (QED) is 0.482. The van der Waals surface area contributed by atoms with Crippen LogP contribution in [0.1, 0.15) is 19.4 Å². The van der Waals surface area contributed by atoms with E-state index in [-0.39, 0.29) is 41.9 Å². The third kappa shape index (κ3) is 8.17. The van der Waals surface area contributed by atoms with Gasteiger partial charge in [0, 0.05) is 36.2 Å². The number of amides is 2. The number of sulfonamides is 1. The van der Waals surface area contributed by atoms with Crippen molar-refractivity contribution in [2.75, 3.05) is 32.6 Å². The molecule has 1 fully saturated rings. The van der Waals surface area contributed by atoms with Crippen molar-refractivity contribution in [3.8, 4) is 11.5 Å². The van der Waals surface area contributed by atoms with E-state index in [0.29, 0.717) is 24.1 Å². The Morgan fingerprint density at radius 3 is 2.36 bits per heavy atom. The van der Waals surface area contributed by atoms with Crippen molar-refractivity contribution in [2.24, 2.45) is 0 Å². The number of carbonyl (C=O) groups excluding carboxylic acids is 2. The molecule has 0 radical (unpaired) electrons. The zero-order chi connectivity index (χ0) is 26.5. The van der Waals surface area contributed by atoms with Gasteiger partial charge in [-0.3, -0.25) is 19.2 Å². The van der Waals surface area contributed by atoms with Crippen LogP contribution in [0.5, 0.6) is 11.5 Å². The number of halogens is 2. The highest BCUT2D eigenvalue weighted by atomic mass is 79.9. The zero-order valence-corrected chi connectivity index (χ0v) is 22.6. The first-order chi connectivity index (χ1) is 16.9. The van der Waals surface area contributed by atoms with E-state index in [0.717, 1.165) is 11.8 Å². The molecule has 0 spiro atoms. The summed E-state index contributed by atoms with van der Waals surface area (Å²) in [5, 5.41) is 0. The highest BCUT2D eigenvalue weighted by molar-refractivity contribution is 9.10. The molecule has 36 heavy (non-hydrogen) atoms. The van der Waals surface area contributed by atoms with Crippen molar-refractivity contribution < 1.29 is 31.9 Å². The second-order valence-corrected chi connectivity index (χ2v) is 11.4. The number of hydrogen-bond acceptors (Lipinski definition) is 7. The van der Waals surface area contributed by atoms with Crippen molar-refractivity contribution in [1.82, 2.24) is 14.5 Å². The van der Waals surface area contributed by atoms with Gasteiger partial charge in [0.1, 0.15) is 5.82 Å². The minimum absolute atomic E-state index is 0.0573. The van der Waals surface area contributed by atoms with Crippen LogP contribution in [-0.2, 0) is 26.2 Å². The van der Waals surface area contributed by atoms with Gasteiger partial charge in [-0.1, -0.05) is 28.1 Å². The Hall–Kier alpha value is -2.70. The molecule has 1 N–H and O–H groups in total. The predicted molar refractivity (Wildman–Crippen MR) is 136 cm³/mol. The summed E-state index contributed by atoms with van der Waals surface area (Å²) in [5.41, 5.74) is 1.01. The van der Waals surface area contributed by atoms with Crippen LogP contribution < -0.4 is 14.2 Å². The smallest absolute Gasteiger partial charge is 0.271 e. The van der Waals surface area contributed by atoms with Crippen molar-refractivity contribution in [3.63, 3.8) is 0 Å². The topological polar surface area (TPSA) is 105 Å². The Balaban J connectivity index is 1.57. The van der Waals surface area contributed by atoms with Gasteiger partial charge in [0.25, 0.3) is 11.8 Å². The average Bonchev–Trinajstić information content (AvgIpc) is 2.79. The predicted octanol–water partition coefficient (Wildman–Crippen LogP) is 2.54. The minimum Gasteiger partial charge on any atom is -0.480 e. The SMILES string of the molecule is C[C@@H]1CN(Cc2ccc(F)cc2)[C@@H](C)CN1C(=O)COc1ccc(Br)cc1OCC(=O)NS(C)(=O)=O. The number of benzene rings is 2. The van der Waals surface area contributed by atoms with E-state index in [9.17, 15) is 22.4 Å². The Bertz CT molecular complexity index is 1190. The van der Waals surface area contributed by atoms with E-state index in [1.165, 1.54) is 12.1 Å². The highest BCUT2D eigenvalue weighted by Crippen LogP contribution is 2.31. The first-order valence-corrected chi connectivity index (χ1v) is 13.9. The van der Waals surface area contributed by atoms with Gasteiger partial charge in [0.2, 0.25) is 10.0 Å². The summed E-state index contributed by atoms with van der Waals surface area (Å²) >= 11 is 3.31. The number of carbonyl (C=O) groups is 2. The van der Waals surface area contributed by atoms with Gasteiger partial charge in [-0.2, -0.15) is 0 Å². The van der Waals surface area contributed by atoms with Crippen LogP contribution in [0.3, 0.4) is 0 Å². The first kappa shape index (κ1) is 27.9. The summed E-state index contributed by atoms with van der Waals surface area (Å²) in [7, 11) is -3.70. The summed E-state index contributed by atoms with van der Waals surface area (Å²) in [6, 6.07) is 11.3. The maximum Gasteiger partial charge on any atom is 0.271 e. The van der Waals surface area contributed by atoms with Crippen LogP contribution in [0.4, 0.5) is 4.39 Å². The second kappa shape index (κ2) is 12.0. The van der Waals surface area contributed by atoms with Crippen LogP contribution >= 0.6 is 15.9 Å². The Kier molecular flexibility index (Phi) is 9.31. The number of hydrogen-bond donors (Lipinski definition) is 1. The first-order valence-electron chi connectivity index (χ1n) is 11.2. The Morgan fingerprint density at radius 2 is 1.69 bits per heavy atom. The van der Waals surface area contributed by atoms with E-state index in [1.807, 2.05) is 18.6 Å². The molecule has 1 aliphatic rings. The van der Waals surface area contributed by atoms with E-state index >= 15 is 0 Å². The highest BCUT2D eigenvalue weighted by Gasteiger charge is 2.32. The lowest BCUT2D eigenvalue weighted by molar-refractivity contribution is -0.139. The molecule has 1 heterocycles. The lowest BCUT2D eigenvalue weighted by Gasteiger charge is -2.44. The van der Waals surface area contributed by atoms with Gasteiger partial charge in [0.05, 0.1) is 6.26 Å². The monoisotopic (exact) mass is 585 g/mol. The van der Waals surface area contributed by atoms with E-state index in [2.05, 4.69) is 20.8 Å². The van der Waals surface area contributed by atoms with E-state index < -0.39 is 22.5 Å². The molecule has 2 aromatic carbocycles. The number of nitrogens with one attached hydrogen (secondary N) is 1. The summed E-state index contributed by atoms with van der Waals surface area (Å²) in [5.74, 6) is -0.868. The van der Waals surface area contributed by atoms with E-state index in [4.69, 9.17) is 9.47 Å². The molecule has 0 saturated carbocycles. The standard InChI is InChI=1S/C24H29BrFN3O6S/c1-16-12-29(17(2)11-28(16)13-18-4-7-20(26)8-5-18)24(31)15-35-21-9-6-19(25)10-22(21)34-14-23(30)27-36(3,32)33/h4-10,16-17H,11-15H2,1-3H3,(H,27,30)/t16-,17+/m0/s1. The van der Waals surface area contributed by atoms with Crippen molar-refractivity contribution in [3.05, 3.63) is 58.3 Å². The number of rotatable bonds is 9. The van der Waals surface area contributed by atoms with Gasteiger partial charge < -0.3 is 14.4 Å². The molecule has 0 bridgehead atoms. The molecule has 0 aliphatic carbocycles. The van der Waals surface area contributed by atoms with Crippen LogP contribution in [-0.4, -0.2) is 74.7 Å². The van der Waals surface area contributed by atoms with Gasteiger partial charge in [-0.05, 0) is 49.7 Å². The number of nitrogens with zero attached hydrogens (tertiary/aromatic N) is 2. The summed E-state index contributed by atoms with van der Waals surface area (Å²) in [6.07, 6.45) is 0.870. The molecule has 12 heteroatoms. The molecular formula is C24H29BrFN3O6S. The second-order valence-electron chi connectivity index (χ2n) is 8.77. The van der Waals surface area contributed by atoms with Gasteiger partial charge in [-0.25, -0.2) is 12.8 Å². The largest absolute Gasteiger partial charge is 0.480 e. The Labute approximate surface area is 218 Å². The maximum absolute atomic E-state index is 13.2. The van der Waals surface area contributed by atoms with Crippen LogP contribution in [0.2, 0.25) is 0 Å². The van der Waals surface area contributed by atoms with Gasteiger partial charge >= 0.3 is 0 Å².